The van der Waals surface area contributed by atoms with E-state index in [1.54, 1.807) is 35.1 Å². The van der Waals surface area contributed by atoms with Gasteiger partial charge in [-0.05, 0) is 23.8 Å². The Bertz CT molecular complexity index is 1040. The Morgan fingerprint density at radius 3 is 2.97 bits per heavy atom. The van der Waals surface area contributed by atoms with Gasteiger partial charge in [-0.2, -0.15) is 5.10 Å². The van der Waals surface area contributed by atoms with Gasteiger partial charge in [0, 0.05) is 23.8 Å². The van der Waals surface area contributed by atoms with Crippen molar-refractivity contribution in [2.24, 2.45) is 0 Å². The fraction of sp³-hybridized carbons (Fsp3) is 0.238. The van der Waals surface area contributed by atoms with Crippen LogP contribution in [0.3, 0.4) is 0 Å². The SMILES string of the molecule is O=C(NCC(O)COc1ccc2c(c1)OCO2)c1cnn(Cc2ccccc2Cl)c1. The van der Waals surface area contributed by atoms with Crippen molar-refractivity contribution >= 4 is 17.5 Å². The zero-order valence-electron chi connectivity index (χ0n) is 16.0. The Morgan fingerprint density at radius 1 is 1.27 bits per heavy atom. The Hall–Kier alpha value is -3.23. The molecule has 9 heteroatoms. The number of hydrogen-bond acceptors (Lipinski definition) is 6. The molecule has 156 valence electrons. The van der Waals surface area contributed by atoms with Crippen molar-refractivity contribution in [3.05, 3.63) is 71.0 Å². The number of aliphatic hydroxyl groups is 1. The Morgan fingerprint density at radius 2 is 2.10 bits per heavy atom. The van der Waals surface area contributed by atoms with Crippen LogP contribution in [-0.4, -0.2) is 46.8 Å². The molecule has 4 rings (SSSR count). The van der Waals surface area contributed by atoms with Crippen LogP contribution in [0.15, 0.2) is 54.9 Å². The Kier molecular flexibility index (Phi) is 6.06. The number of fused-ring (bicyclic) bond motifs is 1. The largest absolute Gasteiger partial charge is 0.491 e. The molecular formula is C21H20ClN3O5. The van der Waals surface area contributed by atoms with Gasteiger partial charge >= 0.3 is 0 Å². The summed E-state index contributed by atoms with van der Waals surface area (Å²) in [6, 6.07) is 12.6. The first-order valence-corrected chi connectivity index (χ1v) is 9.71. The monoisotopic (exact) mass is 429 g/mol. The third-order valence-corrected chi connectivity index (χ3v) is 4.84. The van der Waals surface area contributed by atoms with Gasteiger partial charge in [0.25, 0.3) is 5.91 Å². The van der Waals surface area contributed by atoms with Crippen molar-refractivity contribution in [2.45, 2.75) is 12.6 Å². The van der Waals surface area contributed by atoms with Crippen molar-refractivity contribution in [1.29, 1.82) is 0 Å². The average Bonchev–Trinajstić information content (AvgIpc) is 3.41. The molecule has 0 aliphatic carbocycles. The van der Waals surface area contributed by atoms with E-state index < -0.39 is 6.10 Å². The van der Waals surface area contributed by atoms with Crippen molar-refractivity contribution in [2.75, 3.05) is 19.9 Å². The number of benzene rings is 2. The van der Waals surface area contributed by atoms with Crippen LogP contribution in [-0.2, 0) is 6.54 Å². The first-order chi connectivity index (χ1) is 14.6. The highest BCUT2D eigenvalue weighted by molar-refractivity contribution is 6.31. The molecule has 1 aromatic heterocycles. The van der Waals surface area contributed by atoms with E-state index in [1.165, 1.54) is 6.20 Å². The summed E-state index contributed by atoms with van der Waals surface area (Å²) in [6.07, 6.45) is 2.23. The highest BCUT2D eigenvalue weighted by Crippen LogP contribution is 2.35. The van der Waals surface area contributed by atoms with Crippen molar-refractivity contribution in [1.82, 2.24) is 15.1 Å². The first-order valence-electron chi connectivity index (χ1n) is 9.33. The van der Waals surface area contributed by atoms with Crippen LogP contribution in [0.1, 0.15) is 15.9 Å². The van der Waals surface area contributed by atoms with Gasteiger partial charge in [0.15, 0.2) is 11.5 Å². The maximum absolute atomic E-state index is 12.3. The second kappa shape index (κ2) is 9.06. The lowest BCUT2D eigenvalue weighted by Crippen LogP contribution is -2.35. The molecule has 2 aromatic carbocycles. The molecule has 1 aliphatic rings. The summed E-state index contributed by atoms with van der Waals surface area (Å²) in [5.41, 5.74) is 1.30. The first kappa shape index (κ1) is 20.1. The lowest BCUT2D eigenvalue weighted by Gasteiger charge is -2.13. The predicted molar refractivity (Wildman–Crippen MR) is 109 cm³/mol. The standard InChI is InChI=1S/C21H20ClN3O5/c22-18-4-2-1-3-14(18)10-25-11-15(8-24-25)21(27)23-9-16(26)12-28-17-5-6-19-20(7-17)30-13-29-19/h1-8,11,16,26H,9-10,12-13H2,(H,23,27). The number of aliphatic hydroxyl groups excluding tert-OH is 1. The van der Waals surface area contributed by atoms with Crippen LogP contribution >= 0.6 is 11.6 Å². The molecule has 30 heavy (non-hydrogen) atoms. The van der Waals surface area contributed by atoms with E-state index in [1.807, 2.05) is 18.2 Å². The van der Waals surface area contributed by atoms with Crippen LogP contribution < -0.4 is 19.5 Å². The fourth-order valence-electron chi connectivity index (χ4n) is 2.90. The lowest BCUT2D eigenvalue weighted by molar-refractivity contribution is 0.0843. The van der Waals surface area contributed by atoms with Gasteiger partial charge < -0.3 is 24.6 Å². The third kappa shape index (κ3) is 4.84. The van der Waals surface area contributed by atoms with Crippen LogP contribution in [0, 0.1) is 0 Å². The van der Waals surface area contributed by atoms with Gasteiger partial charge in [-0.1, -0.05) is 29.8 Å². The zero-order chi connectivity index (χ0) is 20.9. The summed E-state index contributed by atoms with van der Waals surface area (Å²) in [6.45, 7) is 0.701. The molecule has 3 aromatic rings. The molecule has 0 bridgehead atoms. The number of carbonyl (C=O) groups is 1. The molecule has 8 nitrogen and oxygen atoms in total. The molecule has 0 spiro atoms. The van der Waals surface area contributed by atoms with E-state index in [4.69, 9.17) is 25.8 Å². The number of halogens is 1. The summed E-state index contributed by atoms with van der Waals surface area (Å²) in [7, 11) is 0. The normalized spacial score (nSPS) is 13.1. The van der Waals surface area contributed by atoms with E-state index in [2.05, 4.69) is 10.4 Å². The van der Waals surface area contributed by atoms with Gasteiger partial charge in [-0.25, -0.2) is 0 Å². The molecule has 0 fully saturated rings. The van der Waals surface area contributed by atoms with Crippen LogP contribution in [0.2, 0.25) is 5.02 Å². The Labute approximate surface area is 177 Å². The van der Waals surface area contributed by atoms with Gasteiger partial charge in [0.1, 0.15) is 18.5 Å². The highest BCUT2D eigenvalue weighted by Gasteiger charge is 2.15. The molecule has 0 saturated carbocycles. The van der Waals surface area contributed by atoms with E-state index in [0.29, 0.717) is 34.4 Å². The maximum Gasteiger partial charge on any atom is 0.254 e. The topological polar surface area (TPSA) is 94.8 Å². The number of rotatable bonds is 8. The van der Waals surface area contributed by atoms with Crippen molar-refractivity contribution in [3.63, 3.8) is 0 Å². The van der Waals surface area contributed by atoms with Gasteiger partial charge in [0.05, 0.1) is 18.3 Å². The van der Waals surface area contributed by atoms with Crippen LogP contribution in [0.25, 0.3) is 0 Å². The number of hydrogen-bond donors (Lipinski definition) is 2. The third-order valence-electron chi connectivity index (χ3n) is 4.47. The smallest absolute Gasteiger partial charge is 0.254 e. The number of nitrogens with zero attached hydrogens (tertiary/aromatic N) is 2. The number of carbonyl (C=O) groups excluding carboxylic acids is 1. The van der Waals surface area contributed by atoms with Crippen molar-refractivity contribution < 1.29 is 24.1 Å². The summed E-state index contributed by atoms with van der Waals surface area (Å²) < 4.78 is 17.7. The lowest BCUT2D eigenvalue weighted by atomic mass is 10.2. The number of nitrogens with one attached hydrogen (secondary N) is 1. The summed E-state index contributed by atoms with van der Waals surface area (Å²) in [4.78, 5) is 12.3. The van der Waals surface area contributed by atoms with Crippen molar-refractivity contribution in [3.8, 4) is 17.2 Å². The minimum Gasteiger partial charge on any atom is -0.491 e. The van der Waals surface area contributed by atoms with E-state index in [-0.39, 0.29) is 25.9 Å². The molecule has 1 atom stereocenters. The molecule has 0 radical (unpaired) electrons. The molecular weight excluding hydrogens is 410 g/mol. The molecule has 2 heterocycles. The zero-order valence-corrected chi connectivity index (χ0v) is 16.7. The molecule has 1 aliphatic heterocycles. The fourth-order valence-corrected chi connectivity index (χ4v) is 3.09. The van der Waals surface area contributed by atoms with Gasteiger partial charge in [-0.15, -0.1) is 0 Å². The van der Waals surface area contributed by atoms with Gasteiger partial charge in [-0.3, -0.25) is 9.48 Å². The van der Waals surface area contributed by atoms with Gasteiger partial charge in [0.2, 0.25) is 6.79 Å². The molecule has 1 amide bonds. The summed E-state index contributed by atoms with van der Waals surface area (Å²) in [5.74, 6) is 1.47. The van der Waals surface area contributed by atoms with E-state index in [9.17, 15) is 9.90 Å². The minimum atomic E-state index is -0.877. The number of amides is 1. The van der Waals surface area contributed by atoms with E-state index >= 15 is 0 Å². The second-order valence-corrected chi connectivity index (χ2v) is 7.12. The number of aromatic nitrogens is 2. The summed E-state index contributed by atoms with van der Waals surface area (Å²) >= 11 is 6.16. The minimum absolute atomic E-state index is 0.0195. The Balaban J connectivity index is 1.24. The maximum atomic E-state index is 12.3. The highest BCUT2D eigenvalue weighted by atomic mass is 35.5. The predicted octanol–water partition coefficient (Wildman–Crippen LogP) is 2.48. The van der Waals surface area contributed by atoms with E-state index in [0.717, 1.165) is 5.56 Å². The summed E-state index contributed by atoms with van der Waals surface area (Å²) in [5, 5.41) is 17.6. The second-order valence-electron chi connectivity index (χ2n) is 6.71. The molecule has 1 unspecified atom stereocenters. The number of ether oxygens (including phenoxy) is 3. The quantitative estimate of drug-likeness (QED) is 0.571. The molecule has 2 N–H and O–H groups in total. The molecule has 0 saturated heterocycles. The van der Waals surface area contributed by atoms with Crippen LogP contribution in [0.4, 0.5) is 0 Å². The van der Waals surface area contributed by atoms with Crippen LogP contribution in [0.5, 0.6) is 17.2 Å². The average molecular weight is 430 g/mol.